The maximum Gasteiger partial charge on any atom is 0.226 e. The first-order chi connectivity index (χ1) is 9.33. The van der Waals surface area contributed by atoms with Gasteiger partial charge in [-0.25, -0.2) is 4.98 Å². The number of carbonyl (C=O) groups is 1. The third-order valence-corrected chi connectivity index (χ3v) is 2.79. The molecule has 6 nitrogen and oxygen atoms in total. The predicted octanol–water partition coefficient (Wildman–Crippen LogP) is 1.41. The average molecular weight is 256 g/mol. The average Bonchev–Trinajstić information content (AvgIpc) is 3.07. The molecule has 6 heteroatoms. The van der Waals surface area contributed by atoms with E-state index in [0.29, 0.717) is 17.8 Å². The van der Waals surface area contributed by atoms with Crippen molar-refractivity contribution in [3.8, 4) is 0 Å². The van der Waals surface area contributed by atoms with Crippen LogP contribution < -0.4 is 5.32 Å². The van der Waals surface area contributed by atoms with Crippen molar-refractivity contribution in [3.05, 3.63) is 48.2 Å². The summed E-state index contributed by atoms with van der Waals surface area (Å²) >= 11 is 0. The van der Waals surface area contributed by atoms with Gasteiger partial charge in [-0.2, -0.15) is 0 Å². The van der Waals surface area contributed by atoms with E-state index in [1.807, 2.05) is 24.3 Å². The van der Waals surface area contributed by atoms with Gasteiger partial charge < -0.3 is 14.8 Å². The van der Waals surface area contributed by atoms with Gasteiger partial charge in [-0.05, 0) is 12.1 Å². The van der Waals surface area contributed by atoms with Crippen molar-refractivity contribution in [2.24, 2.45) is 0 Å². The summed E-state index contributed by atoms with van der Waals surface area (Å²) in [5.41, 5.74) is 1.34. The Morgan fingerprint density at radius 3 is 3.11 bits per heavy atom. The third-order valence-electron chi connectivity index (χ3n) is 2.79. The number of benzene rings is 1. The van der Waals surface area contributed by atoms with Crippen LogP contribution in [0.15, 0.2) is 41.2 Å². The SMILES string of the molecule is O=C(Cc1noc2ccccc12)NCc1ncc[nH]1. The van der Waals surface area contributed by atoms with Crippen molar-refractivity contribution < 1.29 is 9.32 Å². The molecule has 0 aliphatic carbocycles. The minimum absolute atomic E-state index is 0.115. The van der Waals surface area contributed by atoms with Crippen molar-refractivity contribution in [2.75, 3.05) is 0 Å². The molecule has 0 saturated carbocycles. The van der Waals surface area contributed by atoms with Crippen LogP contribution in [-0.4, -0.2) is 21.0 Å². The molecule has 0 spiro atoms. The summed E-state index contributed by atoms with van der Waals surface area (Å²) < 4.78 is 5.15. The number of amides is 1. The molecule has 2 N–H and O–H groups in total. The Kier molecular flexibility index (Phi) is 2.97. The van der Waals surface area contributed by atoms with Crippen molar-refractivity contribution in [1.82, 2.24) is 20.4 Å². The van der Waals surface area contributed by atoms with Gasteiger partial charge in [0.15, 0.2) is 5.58 Å². The predicted molar refractivity (Wildman–Crippen MR) is 68.1 cm³/mol. The number of fused-ring (bicyclic) bond motifs is 1. The molecular weight excluding hydrogens is 244 g/mol. The molecule has 1 amide bonds. The van der Waals surface area contributed by atoms with Crippen LogP contribution in [0.25, 0.3) is 11.0 Å². The highest BCUT2D eigenvalue weighted by atomic mass is 16.5. The first-order valence-corrected chi connectivity index (χ1v) is 5.91. The smallest absolute Gasteiger partial charge is 0.226 e. The molecule has 3 aromatic rings. The molecule has 2 heterocycles. The Bertz CT molecular complexity index is 688. The van der Waals surface area contributed by atoms with Crippen LogP contribution >= 0.6 is 0 Å². The molecule has 1 aromatic carbocycles. The van der Waals surface area contributed by atoms with E-state index >= 15 is 0 Å². The number of rotatable bonds is 4. The molecule has 0 saturated heterocycles. The number of para-hydroxylation sites is 1. The second kappa shape index (κ2) is 4.93. The van der Waals surface area contributed by atoms with Gasteiger partial charge in [0.05, 0.1) is 13.0 Å². The number of H-pyrrole nitrogens is 1. The zero-order valence-electron chi connectivity index (χ0n) is 10.1. The van der Waals surface area contributed by atoms with Crippen LogP contribution in [0.5, 0.6) is 0 Å². The number of hydrogen-bond acceptors (Lipinski definition) is 4. The largest absolute Gasteiger partial charge is 0.356 e. The van der Waals surface area contributed by atoms with Crippen molar-refractivity contribution in [2.45, 2.75) is 13.0 Å². The van der Waals surface area contributed by atoms with Gasteiger partial charge in [0, 0.05) is 17.8 Å². The number of nitrogens with one attached hydrogen (secondary N) is 2. The third kappa shape index (κ3) is 2.47. The van der Waals surface area contributed by atoms with Crippen molar-refractivity contribution >= 4 is 16.9 Å². The van der Waals surface area contributed by atoms with Gasteiger partial charge in [-0.1, -0.05) is 17.3 Å². The minimum atomic E-state index is -0.115. The summed E-state index contributed by atoms with van der Waals surface area (Å²) in [6, 6.07) is 7.48. The van der Waals surface area contributed by atoms with Crippen LogP contribution in [0.2, 0.25) is 0 Å². The number of imidazole rings is 1. The molecule has 0 fully saturated rings. The molecule has 0 radical (unpaired) electrons. The Morgan fingerprint density at radius 2 is 2.26 bits per heavy atom. The zero-order valence-corrected chi connectivity index (χ0v) is 10.1. The summed E-state index contributed by atoms with van der Waals surface area (Å²) in [5, 5.41) is 7.57. The summed E-state index contributed by atoms with van der Waals surface area (Å²) in [6.45, 7) is 0.377. The fourth-order valence-electron chi connectivity index (χ4n) is 1.86. The number of nitrogens with zero attached hydrogens (tertiary/aromatic N) is 2. The molecule has 0 unspecified atom stereocenters. The van der Waals surface area contributed by atoms with Crippen LogP contribution in [0.4, 0.5) is 0 Å². The van der Waals surface area contributed by atoms with Gasteiger partial charge in [-0.15, -0.1) is 0 Å². The monoisotopic (exact) mass is 256 g/mol. The number of aromatic amines is 1. The Labute approximate surface area is 108 Å². The Balaban J connectivity index is 1.66. The topological polar surface area (TPSA) is 83.8 Å². The normalized spacial score (nSPS) is 10.7. The first kappa shape index (κ1) is 11.5. The van der Waals surface area contributed by atoms with E-state index in [1.54, 1.807) is 12.4 Å². The van der Waals surface area contributed by atoms with E-state index in [9.17, 15) is 4.79 Å². The van der Waals surface area contributed by atoms with E-state index < -0.39 is 0 Å². The maximum atomic E-state index is 11.8. The fraction of sp³-hybridized carbons (Fsp3) is 0.154. The van der Waals surface area contributed by atoms with Gasteiger partial charge in [0.1, 0.15) is 11.5 Å². The Hall–Kier alpha value is -2.63. The van der Waals surface area contributed by atoms with Crippen molar-refractivity contribution in [1.29, 1.82) is 0 Å². The molecule has 0 bridgehead atoms. The number of carbonyl (C=O) groups excluding carboxylic acids is 1. The van der Waals surface area contributed by atoms with Gasteiger partial charge in [0.2, 0.25) is 5.91 Å². The lowest BCUT2D eigenvalue weighted by atomic mass is 10.1. The van der Waals surface area contributed by atoms with Gasteiger partial charge in [-0.3, -0.25) is 4.79 Å². The molecular formula is C13H12N4O2. The van der Waals surface area contributed by atoms with E-state index in [1.165, 1.54) is 0 Å². The minimum Gasteiger partial charge on any atom is -0.356 e. The van der Waals surface area contributed by atoms with Crippen LogP contribution in [0, 0.1) is 0 Å². The van der Waals surface area contributed by atoms with Crippen LogP contribution in [-0.2, 0) is 17.8 Å². The lowest BCUT2D eigenvalue weighted by Crippen LogP contribution is -2.25. The molecule has 0 aliphatic heterocycles. The second-order valence-corrected chi connectivity index (χ2v) is 4.11. The van der Waals surface area contributed by atoms with E-state index in [2.05, 4.69) is 20.4 Å². The molecule has 3 rings (SSSR count). The van der Waals surface area contributed by atoms with Gasteiger partial charge in [0.25, 0.3) is 0 Å². The highest BCUT2D eigenvalue weighted by Crippen LogP contribution is 2.17. The van der Waals surface area contributed by atoms with Crippen LogP contribution in [0.3, 0.4) is 0 Å². The number of aromatic nitrogens is 3. The van der Waals surface area contributed by atoms with E-state index in [4.69, 9.17) is 4.52 Å². The molecule has 19 heavy (non-hydrogen) atoms. The molecule has 0 atom stereocenters. The lowest BCUT2D eigenvalue weighted by molar-refractivity contribution is -0.120. The number of hydrogen-bond donors (Lipinski definition) is 2. The van der Waals surface area contributed by atoms with Crippen molar-refractivity contribution in [3.63, 3.8) is 0 Å². The van der Waals surface area contributed by atoms with E-state index in [0.717, 1.165) is 11.2 Å². The molecule has 2 aromatic heterocycles. The first-order valence-electron chi connectivity index (χ1n) is 5.91. The zero-order chi connectivity index (χ0) is 13.1. The summed E-state index contributed by atoms with van der Waals surface area (Å²) in [6.07, 6.45) is 3.55. The molecule has 96 valence electrons. The highest BCUT2D eigenvalue weighted by molar-refractivity contribution is 5.86. The summed E-state index contributed by atoms with van der Waals surface area (Å²) in [4.78, 5) is 18.8. The fourth-order valence-corrected chi connectivity index (χ4v) is 1.86. The Morgan fingerprint density at radius 1 is 1.37 bits per heavy atom. The highest BCUT2D eigenvalue weighted by Gasteiger charge is 2.11. The molecule has 0 aliphatic rings. The lowest BCUT2D eigenvalue weighted by Gasteiger charge is -2.01. The maximum absolute atomic E-state index is 11.8. The second-order valence-electron chi connectivity index (χ2n) is 4.11. The van der Waals surface area contributed by atoms with E-state index in [-0.39, 0.29) is 12.3 Å². The summed E-state index contributed by atoms with van der Waals surface area (Å²) in [7, 11) is 0. The van der Waals surface area contributed by atoms with Gasteiger partial charge >= 0.3 is 0 Å². The summed E-state index contributed by atoms with van der Waals surface area (Å²) in [5.74, 6) is 0.605. The van der Waals surface area contributed by atoms with Crippen LogP contribution in [0.1, 0.15) is 11.5 Å². The quantitative estimate of drug-likeness (QED) is 0.739. The standard InChI is InChI=1S/C13H12N4O2/c18-13(16-8-12-14-5-6-15-12)7-10-9-3-1-2-4-11(9)19-17-10/h1-6H,7-8H2,(H,14,15)(H,16,18).